The first-order valence-corrected chi connectivity index (χ1v) is 13.5. The molecule has 11 atom stereocenters. The number of ketones is 1. The van der Waals surface area contributed by atoms with Gasteiger partial charge in [-0.2, -0.15) is 0 Å². The Morgan fingerprint density at radius 3 is 2.28 bits per heavy atom. The summed E-state index contributed by atoms with van der Waals surface area (Å²) < 4.78 is 0. The SMILES string of the molecule is CC(C)(O)[C@H](CO)C[C@@H](O)[C@](C)(O)[C@@H]1CC[C@@]2(O)C3=CC(=O)[C@@H]4C[C@@H](O)[C@@H](O)C[C@]4(C)[C@H]3CC[C@]12C. The van der Waals surface area contributed by atoms with Crippen LogP contribution in [0.2, 0.25) is 0 Å². The second-order valence-corrected chi connectivity index (χ2v) is 13.6. The Balaban J connectivity index is 1.66. The smallest absolute Gasteiger partial charge is 0.159 e. The molecule has 36 heavy (non-hydrogen) atoms. The molecule has 4 rings (SSSR count). The van der Waals surface area contributed by atoms with E-state index in [1.807, 2.05) is 13.8 Å². The molecule has 3 fully saturated rings. The molecule has 7 N–H and O–H groups in total. The van der Waals surface area contributed by atoms with Crippen molar-refractivity contribution in [1.29, 1.82) is 0 Å². The number of hydrogen-bond acceptors (Lipinski definition) is 8. The number of allylic oxidation sites excluding steroid dienone is 1. The predicted octanol–water partition coefficient (Wildman–Crippen LogP) is 1.07. The number of carbonyl (C=O) groups is 1. The van der Waals surface area contributed by atoms with Gasteiger partial charge in [0.25, 0.3) is 0 Å². The summed E-state index contributed by atoms with van der Waals surface area (Å²) in [4.78, 5) is 13.3. The Morgan fingerprint density at radius 2 is 1.69 bits per heavy atom. The van der Waals surface area contributed by atoms with Gasteiger partial charge in [0.05, 0.1) is 35.1 Å². The zero-order valence-electron chi connectivity index (χ0n) is 22.3. The van der Waals surface area contributed by atoms with Crippen LogP contribution in [0.1, 0.15) is 79.6 Å². The van der Waals surface area contributed by atoms with Gasteiger partial charge in [-0.3, -0.25) is 4.79 Å². The molecule has 0 bridgehead atoms. The lowest BCUT2D eigenvalue weighted by molar-refractivity contribution is -0.180. The average Bonchev–Trinajstić information content (AvgIpc) is 3.05. The van der Waals surface area contributed by atoms with Crippen molar-refractivity contribution in [3.63, 3.8) is 0 Å². The highest BCUT2D eigenvalue weighted by molar-refractivity contribution is 5.95. The fourth-order valence-corrected chi connectivity index (χ4v) is 8.63. The van der Waals surface area contributed by atoms with E-state index in [0.29, 0.717) is 37.7 Å². The maximum Gasteiger partial charge on any atom is 0.159 e. The highest BCUT2D eigenvalue weighted by atomic mass is 16.3. The van der Waals surface area contributed by atoms with Gasteiger partial charge >= 0.3 is 0 Å². The molecule has 0 unspecified atom stereocenters. The lowest BCUT2D eigenvalue weighted by Gasteiger charge is -2.60. The van der Waals surface area contributed by atoms with Gasteiger partial charge in [0.2, 0.25) is 0 Å². The van der Waals surface area contributed by atoms with E-state index in [2.05, 4.69) is 0 Å². The minimum atomic E-state index is -1.60. The van der Waals surface area contributed by atoms with Crippen LogP contribution >= 0.6 is 0 Å². The Kier molecular flexibility index (Phi) is 6.90. The van der Waals surface area contributed by atoms with Crippen LogP contribution in [0.25, 0.3) is 0 Å². The van der Waals surface area contributed by atoms with Gasteiger partial charge in [-0.25, -0.2) is 0 Å². The van der Waals surface area contributed by atoms with Crippen molar-refractivity contribution in [2.45, 2.75) is 115 Å². The van der Waals surface area contributed by atoms with Gasteiger partial charge in [-0.15, -0.1) is 0 Å². The van der Waals surface area contributed by atoms with Crippen molar-refractivity contribution in [1.82, 2.24) is 0 Å². The number of carbonyl (C=O) groups excluding carboxylic acids is 1. The first kappa shape index (κ1) is 28.1. The molecule has 0 aliphatic heterocycles. The Bertz CT molecular complexity index is 908. The average molecular weight is 511 g/mol. The van der Waals surface area contributed by atoms with E-state index >= 15 is 0 Å². The fraction of sp³-hybridized carbons (Fsp3) is 0.893. The molecule has 206 valence electrons. The largest absolute Gasteiger partial charge is 0.396 e. The molecule has 4 aliphatic rings. The van der Waals surface area contributed by atoms with Crippen molar-refractivity contribution in [3.8, 4) is 0 Å². The minimum Gasteiger partial charge on any atom is -0.396 e. The highest BCUT2D eigenvalue weighted by Crippen LogP contribution is 2.68. The van der Waals surface area contributed by atoms with Crippen LogP contribution in [0.15, 0.2) is 11.6 Å². The Labute approximate surface area is 214 Å². The van der Waals surface area contributed by atoms with Crippen LogP contribution < -0.4 is 0 Å². The zero-order valence-corrected chi connectivity index (χ0v) is 22.3. The number of aliphatic hydroxyl groups is 7. The summed E-state index contributed by atoms with van der Waals surface area (Å²) in [6.45, 7) is 8.29. The zero-order chi connectivity index (χ0) is 27.1. The summed E-state index contributed by atoms with van der Waals surface area (Å²) in [6.07, 6.45) is 1.02. The monoisotopic (exact) mass is 510 g/mol. The van der Waals surface area contributed by atoms with Gasteiger partial charge in [-0.1, -0.05) is 13.8 Å². The van der Waals surface area contributed by atoms with Crippen LogP contribution in [0, 0.1) is 34.5 Å². The molecule has 0 amide bonds. The molecule has 4 aliphatic carbocycles. The molecular formula is C28H46O8. The highest BCUT2D eigenvalue weighted by Gasteiger charge is 2.69. The van der Waals surface area contributed by atoms with Gasteiger partial charge in [0.1, 0.15) is 0 Å². The van der Waals surface area contributed by atoms with E-state index < -0.39 is 63.7 Å². The van der Waals surface area contributed by atoms with Gasteiger partial charge < -0.3 is 35.7 Å². The third kappa shape index (κ3) is 3.94. The van der Waals surface area contributed by atoms with Crippen LogP contribution in [-0.2, 0) is 4.79 Å². The first-order valence-electron chi connectivity index (χ1n) is 13.5. The van der Waals surface area contributed by atoms with Crippen LogP contribution in [-0.4, -0.2) is 83.3 Å². The summed E-state index contributed by atoms with van der Waals surface area (Å²) in [6, 6.07) is 0. The van der Waals surface area contributed by atoms with Crippen molar-refractivity contribution in [3.05, 3.63) is 11.6 Å². The van der Waals surface area contributed by atoms with Crippen molar-refractivity contribution >= 4 is 5.78 Å². The molecule has 8 nitrogen and oxygen atoms in total. The lowest BCUT2D eigenvalue weighted by atomic mass is 9.45. The van der Waals surface area contributed by atoms with E-state index in [4.69, 9.17) is 0 Å². The summed E-state index contributed by atoms with van der Waals surface area (Å²) >= 11 is 0. The van der Waals surface area contributed by atoms with Crippen molar-refractivity contribution in [2.24, 2.45) is 34.5 Å². The molecule has 0 spiro atoms. The molecular weight excluding hydrogens is 464 g/mol. The van der Waals surface area contributed by atoms with E-state index in [0.717, 1.165) is 0 Å². The number of hydrogen-bond donors (Lipinski definition) is 7. The third-order valence-electron chi connectivity index (χ3n) is 11.2. The Hall–Kier alpha value is -0.870. The summed E-state index contributed by atoms with van der Waals surface area (Å²) in [5.41, 5.74) is -4.89. The first-order chi connectivity index (χ1) is 16.4. The normalized spacial score (nSPS) is 46.2. The summed E-state index contributed by atoms with van der Waals surface area (Å²) in [7, 11) is 0. The van der Waals surface area contributed by atoms with Crippen LogP contribution in [0.5, 0.6) is 0 Å². The van der Waals surface area contributed by atoms with Crippen molar-refractivity contribution in [2.75, 3.05) is 6.61 Å². The minimum absolute atomic E-state index is 0.00177. The lowest BCUT2D eigenvalue weighted by Crippen LogP contribution is -2.63. The number of aliphatic hydroxyl groups excluding tert-OH is 4. The number of rotatable bonds is 6. The van der Waals surface area contributed by atoms with Gasteiger partial charge in [0, 0.05) is 23.9 Å². The molecule has 0 radical (unpaired) electrons. The predicted molar refractivity (Wildman–Crippen MR) is 133 cm³/mol. The summed E-state index contributed by atoms with van der Waals surface area (Å²) in [5, 5.41) is 76.0. The molecule has 0 aromatic rings. The molecule has 0 heterocycles. The molecule has 3 saturated carbocycles. The topological polar surface area (TPSA) is 159 Å². The molecule has 0 aromatic carbocycles. The molecule has 0 saturated heterocycles. The van der Waals surface area contributed by atoms with Gasteiger partial charge in [0.15, 0.2) is 5.78 Å². The van der Waals surface area contributed by atoms with E-state index in [1.54, 1.807) is 26.8 Å². The number of fused-ring (bicyclic) bond motifs is 5. The fourth-order valence-electron chi connectivity index (χ4n) is 8.63. The maximum atomic E-state index is 13.3. The van der Waals surface area contributed by atoms with Gasteiger partial charge in [-0.05, 0) is 94.6 Å². The third-order valence-corrected chi connectivity index (χ3v) is 11.2. The standard InChI is InChI=1S/C28H46O8/c1-24(2,34)15(14-29)10-23(33)27(5,35)22-7-9-28(36)17-11-19(30)18-12-20(31)21(32)13-25(18,3)16(17)6-8-26(22,28)4/h11,15-16,18,20-23,29,31-36H,6-10,12-14H2,1-5H3/t15-,16-,18-,20+,21-,22+,23+,25+,26+,27+,28+/m0/s1. The summed E-state index contributed by atoms with van der Waals surface area (Å²) in [5.74, 6) is -1.77. The van der Waals surface area contributed by atoms with Crippen LogP contribution in [0.4, 0.5) is 0 Å². The quantitative estimate of drug-likeness (QED) is 0.280. The Morgan fingerprint density at radius 1 is 1.06 bits per heavy atom. The second kappa shape index (κ2) is 8.83. The van der Waals surface area contributed by atoms with Crippen LogP contribution in [0.3, 0.4) is 0 Å². The molecule has 0 aromatic heterocycles. The van der Waals surface area contributed by atoms with E-state index in [1.165, 1.54) is 0 Å². The maximum absolute atomic E-state index is 13.3. The molecule has 8 heteroatoms. The second-order valence-electron chi connectivity index (χ2n) is 13.6. The van der Waals surface area contributed by atoms with E-state index in [-0.39, 0.29) is 31.1 Å². The van der Waals surface area contributed by atoms with Crippen molar-refractivity contribution < 1.29 is 40.5 Å². The van der Waals surface area contributed by atoms with E-state index in [9.17, 15) is 40.5 Å².